The highest BCUT2D eigenvalue weighted by Gasteiger charge is 2.27. The van der Waals surface area contributed by atoms with Crippen LogP contribution in [-0.2, 0) is 20.8 Å². The number of methoxy groups -OCH3 is 3. The number of anilines is 1. The van der Waals surface area contributed by atoms with Gasteiger partial charge in [0.15, 0.2) is 11.6 Å². The van der Waals surface area contributed by atoms with Gasteiger partial charge in [0.1, 0.15) is 9.88 Å². The van der Waals surface area contributed by atoms with E-state index in [0.717, 1.165) is 11.3 Å². The molecule has 0 aliphatic heterocycles. The van der Waals surface area contributed by atoms with E-state index in [4.69, 9.17) is 14.2 Å². The van der Waals surface area contributed by atoms with Gasteiger partial charge in [0.05, 0.1) is 33.4 Å². The van der Waals surface area contributed by atoms with Crippen LogP contribution < -0.4 is 10.1 Å². The second-order valence-corrected chi connectivity index (χ2v) is 7.58. The van der Waals surface area contributed by atoms with Gasteiger partial charge in [0.25, 0.3) is 0 Å². The van der Waals surface area contributed by atoms with Gasteiger partial charge in [-0.3, -0.25) is 9.69 Å². The highest BCUT2D eigenvalue weighted by Crippen LogP contribution is 2.34. The Kier molecular flexibility index (Phi) is 8.52. The zero-order chi connectivity index (χ0) is 23.1. The summed E-state index contributed by atoms with van der Waals surface area (Å²) in [5, 5.41) is 2.89. The van der Waals surface area contributed by atoms with Crippen LogP contribution in [0, 0.1) is 12.7 Å². The number of nitrogens with one attached hydrogen (secondary N) is 1. The van der Waals surface area contributed by atoms with Crippen LogP contribution in [0.15, 0.2) is 18.2 Å². The fourth-order valence-electron chi connectivity index (χ4n) is 2.95. The van der Waals surface area contributed by atoms with Crippen molar-refractivity contribution in [1.82, 2.24) is 4.90 Å². The van der Waals surface area contributed by atoms with Gasteiger partial charge in [-0.05, 0) is 36.7 Å². The number of halogens is 1. The molecule has 0 aliphatic carbocycles. The number of esters is 2. The fourth-order valence-corrected chi connectivity index (χ4v) is 4.08. The molecule has 0 fully saturated rings. The number of likely N-dealkylation sites (N-methyl/N-ethyl adjacent to an activating group) is 1. The summed E-state index contributed by atoms with van der Waals surface area (Å²) in [4.78, 5) is 38.8. The molecule has 1 heterocycles. The average Bonchev–Trinajstić information content (AvgIpc) is 3.07. The maximum Gasteiger partial charge on any atom is 0.348 e. The number of ether oxygens (including phenoxy) is 3. The van der Waals surface area contributed by atoms with Crippen LogP contribution in [0.2, 0.25) is 0 Å². The molecule has 0 bridgehead atoms. The van der Waals surface area contributed by atoms with Gasteiger partial charge in [-0.2, -0.15) is 0 Å². The third-order valence-corrected chi connectivity index (χ3v) is 5.78. The molecule has 0 spiro atoms. The summed E-state index contributed by atoms with van der Waals surface area (Å²) in [6, 6.07) is 4.62. The molecule has 31 heavy (non-hydrogen) atoms. The summed E-state index contributed by atoms with van der Waals surface area (Å²) in [7, 11) is 3.84. The number of hydrogen-bond acceptors (Lipinski definition) is 8. The molecule has 0 atom stereocenters. The van der Waals surface area contributed by atoms with Crippen molar-refractivity contribution >= 4 is 34.2 Å². The zero-order valence-electron chi connectivity index (χ0n) is 18.0. The number of amides is 1. The van der Waals surface area contributed by atoms with Crippen LogP contribution in [0.1, 0.15) is 38.1 Å². The predicted octanol–water partition coefficient (Wildman–Crippen LogP) is 3.24. The highest BCUT2D eigenvalue weighted by atomic mass is 32.1. The van der Waals surface area contributed by atoms with E-state index in [9.17, 15) is 18.8 Å². The molecule has 0 saturated carbocycles. The lowest BCUT2D eigenvalue weighted by molar-refractivity contribution is -0.117. The number of carbonyl (C=O) groups excluding carboxylic acids is 3. The molecule has 8 nitrogen and oxygen atoms in total. The van der Waals surface area contributed by atoms with Crippen LogP contribution in [0.25, 0.3) is 0 Å². The first-order chi connectivity index (χ1) is 14.7. The van der Waals surface area contributed by atoms with E-state index in [0.29, 0.717) is 24.2 Å². The van der Waals surface area contributed by atoms with Crippen molar-refractivity contribution in [3.05, 3.63) is 45.6 Å². The normalized spacial score (nSPS) is 10.7. The first kappa shape index (κ1) is 24.3. The predicted molar refractivity (Wildman–Crippen MR) is 114 cm³/mol. The quantitative estimate of drug-likeness (QED) is 0.584. The Morgan fingerprint density at radius 1 is 1.13 bits per heavy atom. The minimum Gasteiger partial charge on any atom is -0.494 e. The molecule has 1 aromatic heterocycles. The molecule has 2 aromatic rings. The molecule has 168 valence electrons. The molecule has 1 aromatic carbocycles. The Balaban J connectivity index is 2.17. The second-order valence-electron chi connectivity index (χ2n) is 6.56. The van der Waals surface area contributed by atoms with E-state index in [1.807, 2.05) is 6.92 Å². The van der Waals surface area contributed by atoms with Crippen molar-refractivity contribution < 1.29 is 33.0 Å². The van der Waals surface area contributed by atoms with Crippen LogP contribution in [0.4, 0.5) is 9.39 Å². The Labute approximate surface area is 183 Å². The lowest BCUT2D eigenvalue weighted by Crippen LogP contribution is -2.33. The third-order valence-electron chi connectivity index (χ3n) is 4.60. The Hall–Kier alpha value is -2.98. The molecular weight excluding hydrogens is 427 g/mol. The Bertz CT molecular complexity index is 975. The molecule has 10 heteroatoms. The van der Waals surface area contributed by atoms with Gasteiger partial charge in [0.2, 0.25) is 5.91 Å². The summed E-state index contributed by atoms with van der Waals surface area (Å²) >= 11 is 0.946. The number of carbonyl (C=O) groups is 3. The maximum absolute atomic E-state index is 13.9. The third kappa shape index (κ3) is 5.80. The number of rotatable bonds is 9. The van der Waals surface area contributed by atoms with Crippen molar-refractivity contribution in [2.45, 2.75) is 20.4 Å². The standard InChI is InChI=1S/C21H25FN2O6S/c1-6-24(10-13-7-8-15(28-3)14(22)9-13)11-16(25)23-19-17(20(26)29-4)12(2)18(31-19)21(27)30-5/h7-9H,6,10-11H2,1-5H3,(H,23,25). The Morgan fingerprint density at radius 3 is 2.35 bits per heavy atom. The fraction of sp³-hybridized carbons (Fsp3) is 0.381. The highest BCUT2D eigenvalue weighted by molar-refractivity contribution is 7.18. The number of benzene rings is 1. The van der Waals surface area contributed by atoms with Gasteiger partial charge < -0.3 is 19.5 Å². The molecule has 2 rings (SSSR count). The van der Waals surface area contributed by atoms with E-state index in [-0.39, 0.29) is 27.7 Å². The SMILES string of the molecule is CCN(CC(=O)Nc1sc(C(=O)OC)c(C)c1C(=O)OC)Cc1ccc(OC)c(F)c1. The molecular formula is C21H25FN2O6S. The minimum absolute atomic E-state index is 0.00470. The first-order valence-corrected chi connectivity index (χ1v) is 10.2. The van der Waals surface area contributed by atoms with Gasteiger partial charge in [0, 0.05) is 6.54 Å². The smallest absolute Gasteiger partial charge is 0.348 e. The number of hydrogen-bond donors (Lipinski definition) is 1. The van der Waals surface area contributed by atoms with Gasteiger partial charge in [-0.1, -0.05) is 13.0 Å². The van der Waals surface area contributed by atoms with Gasteiger partial charge in [-0.15, -0.1) is 11.3 Å². The van der Waals surface area contributed by atoms with Gasteiger partial charge >= 0.3 is 11.9 Å². The van der Waals surface area contributed by atoms with Crippen molar-refractivity contribution in [2.24, 2.45) is 0 Å². The van der Waals surface area contributed by atoms with Crippen molar-refractivity contribution in [1.29, 1.82) is 0 Å². The zero-order valence-corrected chi connectivity index (χ0v) is 18.9. The van der Waals surface area contributed by atoms with E-state index >= 15 is 0 Å². The van der Waals surface area contributed by atoms with Crippen molar-refractivity contribution in [3.8, 4) is 5.75 Å². The van der Waals surface area contributed by atoms with Crippen LogP contribution >= 0.6 is 11.3 Å². The summed E-state index contributed by atoms with van der Waals surface area (Å²) < 4.78 is 28.4. The lowest BCUT2D eigenvalue weighted by Gasteiger charge is -2.20. The first-order valence-electron chi connectivity index (χ1n) is 9.40. The van der Waals surface area contributed by atoms with E-state index in [1.165, 1.54) is 33.5 Å². The van der Waals surface area contributed by atoms with Crippen molar-refractivity contribution in [3.63, 3.8) is 0 Å². The van der Waals surface area contributed by atoms with Crippen LogP contribution in [0.5, 0.6) is 5.75 Å². The van der Waals surface area contributed by atoms with Crippen LogP contribution in [-0.4, -0.2) is 57.2 Å². The van der Waals surface area contributed by atoms with E-state index < -0.39 is 23.7 Å². The second kappa shape index (κ2) is 10.9. The largest absolute Gasteiger partial charge is 0.494 e. The summed E-state index contributed by atoms with van der Waals surface area (Å²) in [6.07, 6.45) is 0. The minimum atomic E-state index is -0.666. The lowest BCUT2D eigenvalue weighted by atomic mass is 10.1. The molecule has 1 N–H and O–H groups in total. The molecule has 0 saturated heterocycles. The van der Waals surface area contributed by atoms with E-state index in [2.05, 4.69) is 5.32 Å². The maximum atomic E-state index is 13.9. The molecule has 0 unspecified atom stereocenters. The number of thiophene rings is 1. The summed E-state index contributed by atoms with van der Waals surface area (Å²) in [5.41, 5.74) is 1.17. The number of nitrogens with zero attached hydrogens (tertiary/aromatic N) is 1. The topological polar surface area (TPSA) is 94.2 Å². The summed E-state index contributed by atoms with van der Waals surface area (Å²) in [6.45, 7) is 4.32. The van der Waals surface area contributed by atoms with Gasteiger partial charge in [-0.25, -0.2) is 14.0 Å². The van der Waals surface area contributed by atoms with Crippen LogP contribution in [0.3, 0.4) is 0 Å². The van der Waals surface area contributed by atoms with E-state index in [1.54, 1.807) is 17.9 Å². The summed E-state index contributed by atoms with van der Waals surface area (Å²) in [5.74, 6) is -1.99. The molecule has 0 aliphatic rings. The monoisotopic (exact) mass is 452 g/mol. The molecule has 0 radical (unpaired) electrons. The Morgan fingerprint density at radius 2 is 1.81 bits per heavy atom. The molecule has 1 amide bonds. The van der Waals surface area contributed by atoms with Crippen molar-refractivity contribution in [2.75, 3.05) is 39.7 Å². The average molecular weight is 453 g/mol.